The van der Waals surface area contributed by atoms with E-state index in [1.165, 1.54) is 77.0 Å². The number of hydrogen-bond donors (Lipinski definition) is 1. The van der Waals surface area contributed by atoms with Gasteiger partial charge in [-0.05, 0) is 36.5 Å². The topological polar surface area (TPSA) is 55.8 Å². The van der Waals surface area contributed by atoms with Gasteiger partial charge < -0.3 is 14.6 Å². The summed E-state index contributed by atoms with van der Waals surface area (Å²) in [5, 5.41) is 9.00. The molecule has 0 heterocycles. The normalized spacial score (nSPS) is 26.9. The van der Waals surface area contributed by atoms with Crippen LogP contribution >= 0.6 is 0 Å². The zero-order valence-electron chi connectivity index (χ0n) is 18.4. The molecule has 0 radical (unpaired) electrons. The summed E-state index contributed by atoms with van der Waals surface area (Å²) < 4.78 is 12.0. The van der Waals surface area contributed by atoms with E-state index in [4.69, 9.17) is 14.6 Å². The summed E-state index contributed by atoms with van der Waals surface area (Å²) >= 11 is 0. The van der Waals surface area contributed by atoms with Crippen molar-refractivity contribution in [2.45, 2.75) is 110 Å². The molecular weight excluding hydrogens is 352 g/mol. The number of ether oxygens (including phenoxy) is 2. The van der Waals surface area contributed by atoms with Crippen LogP contribution in [0, 0.1) is 23.7 Å². The Morgan fingerprint density at radius 1 is 0.821 bits per heavy atom. The Morgan fingerprint density at radius 3 is 1.75 bits per heavy atom. The quantitative estimate of drug-likeness (QED) is 0.202. The molecule has 0 saturated heterocycles. The van der Waals surface area contributed by atoms with E-state index in [2.05, 4.69) is 13.8 Å². The van der Waals surface area contributed by atoms with Crippen molar-refractivity contribution in [2.75, 3.05) is 13.2 Å². The molecule has 2 aliphatic carbocycles. The molecule has 0 aromatic carbocycles. The summed E-state index contributed by atoms with van der Waals surface area (Å²) in [7, 11) is 0. The first kappa shape index (κ1) is 23.7. The van der Waals surface area contributed by atoms with Crippen LogP contribution in [-0.2, 0) is 14.3 Å². The third kappa shape index (κ3) is 10.2. The van der Waals surface area contributed by atoms with E-state index >= 15 is 0 Å². The van der Waals surface area contributed by atoms with Crippen LogP contribution in [0.3, 0.4) is 0 Å². The summed E-state index contributed by atoms with van der Waals surface area (Å²) in [5.74, 6) is 2.23. The lowest BCUT2D eigenvalue weighted by atomic mass is 10.1. The van der Waals surface area contributed by atoms with Crippen LogP contribution in [0.15, 0.2) is 0 Å². The van der Waals surface area contributed by atoms with Crippen molar-refractivity contribution < 1.29 is 19.4 Å². The molecule has 0 aliphatic heterocycles. The monoisotopic (exact) mass is 396 g/mol. The van der Waals surface area contributed by atoms with Crippen molar-refractivity contribution in [1.29, 1.82) is 0 Å². The van der Waals surface area contributed by atoms with Crippen molar-refractivity contribution in [3.8, 4) is 0 Å². The fraction of sp³-hybridized carbons (Fsp3) is 0.958. The fourth-order valence-corrected chi connectivity index (χ4v) is 4.32. The van der Waals surface area contributed by atoms with Gasteiger partial charge in [0.2, 0.25) is 0 Å². The Balaban J connectivity index is 1.57. The van der Waals surface area contributed by atoms with Crippen LogP contribution in [0.2, 0.25) is 0 Å². The molecule has 4 atom stereocenters. The van der Waals surface area contributed by atoms with E-state index in [0.29, 0.717) is 18.3 Å². The van der Waals surface area contributed by atoms with Crippen molar-refractivity contribution >= 4 is 5.97 Å². The Bertz CT molecular complexity index is 395. The number of hydrogen-bond acceptors (Lipinski definition) is 3. The number of rotatable bonds is 19. The summed E-state index contributed by atoms with van der Waals surface area (Å²) in [6.45, 7) is 5.99. The number of unbranched alkanes of at least 4 members (excludes halogenated alkanes) is 6. The van der Waals surface area contributed by atoms with Gasteiger partial charge in [-0.25, -0.2) is 0 Å². The van der Waals surface area contributed by atoms with Crippen LogP contribution in [0.5, 0.6) is 0 Å². The molecule has 2 rings (SSSR count). The van der Waals surface area contributed by atoms with Gasteiger partial charge in [-0.1, -0.05) is 78.1 Å². The predicted octanol–water partition coefficient (Wildman–Crippen LogP) is 6.42. The van der Waals surface area contributed by atoms with Crippen molar-refractivity contribution in [3.05, 3.63) is 0 Å². The molecule has 4 unspecified atom stereocenters. The number of carboxylic acids is 1. The first-order chi connectivity index (χ1) is 13.6. The SMILES string of the molecule is CCCCCCC1CC1COC(CCC(=O)O)OCC1CC1CCCCCC. The minimum atomic E-state index is -0.766. The maximum absolute atomic E-state index is 10.9. The van der Waals surface area contributed by atoms with Gasteiger partial charge in [0.15, 0.2) is 6.29 Å². The van der Waals surface area contributed by atoms with Crippen molar-refractivity contribution in [3.63, 3.8) is 0 Å². The van der Waals surface area contributed by atoms with Gasteiger partial charge in [-0.3, -0.25) is 4.79 Å². The van der Waals surface area contributed by atoms with Crippen LogP contribution in [0.4, 0.5) is 0 Å². The second-order valence-corrected chi connectivity index (χ2v) is 9.24. The van der Waals surface area contributed by atoms with Gasteiger partial charge in [0.05, 0.1) is 19.6 Å². The van der Waals surface area contributed by atoms with Gasteiger partial charge in [-0.2, -0.15) is 0 Å². The van der Waals surface area contributed by atoms with Crippen LogP contribution in [-0.4, -0.2) is 30.6 Å². The number of aliphatic carboxylic acids is 1. The molecule has 28 heavy (non-hydrogen) atoms. The van der Waals surface area contributed by atoms with Gasteiger partial charge in [0.25, 0.3) is 0 Å². The molecule has 0 amide bonds. The zero-order chi connectivity index (χ0) is 20.2. The first-order valence-corrected chi connectivity index (χ1v) is 12.1. The lowest BCUT2D eigenvalue weighted by Gasteiger charge is -2.18. The van der Waals surface area contributed by atoms with E-state index in [9.17, 15) is 4.79 Å². The molecule has 0 aromatic heterocycles. The van der Waals surface area contributed by atoms with E-state index in [-0.39, 0.29) is 12.7 Å². The lowest BCUT2D eigenvalue weighted by Crippen LogP contribution is -2.21. The minimum Gasteiger partial charge on any atom is -0.481 e. The molecule has 2 fully saturated rings. The second kappa shape index (κ2) is 13.6. The van der Waals surface area contributed by atoms with Gasteiger partial charge in [-0.15, -0.1) is 0 Å². The van der Waals surface area contributed by atoms with Crippen LogP contribution in [0.25, 0.3) is 0 Å². The highest BCUT2D eigenvalue weighted by molar-refractivity contribution is 5.66. The molecule has 0 bridgehead atoms. The first-order valence-electron chi connectivity index (χ1n) is 12.1. The summed E-state index contributed by atoms with van der Waals surface area (Å²) in [6, 6.07) is 0. The lowest BCUT2D eigenvalue weighted by molar-refractivity contribution is -0.159. The molecular formula is C24H44O4. The largest absolute Gasteiger partial charge is 0.481 e. The standard InChI is InChI=1S/C24H44O4/c1-3-5-7-9-11-19-15-21(19)17-27-24(14-13-23(25)26)28-18-22-16-20(22)12-10-8-6-4-2/h19-22,24H,3-18H2,1-2H3,(H,25,26). The van der Waals surface area contributed by atoms with Gasteiger partial charge in [0, 0.05) is 6.42 Å². The third-order valence-electron chi connectivity index (χ3n) is 6.58. The van der Waals surface area contributed by atoms with E-state index < -0.39 is 5.97 Å². The number of carbonyl (C=O) groups is 1. The molecule has 4 heteroatoms. The Morgan fingerprint density at radius 2 is 1.32 bits per heavy atom. The van der Waals surface area contributed by atoms with Gasteiger partial charge >= 0.3 is 5.97 Å². The minimum absolute atomic E-state index is 0.126. The average Bonchev–Trinajstić information content (AvgIpc) is 3.59. The molecule has 164 valence electrons. The zero-order valence-corrected chi connectivity index (χ0v) is 18.4. The number of carboxylic acid groups (broad SMARTS) is 1. The summed E-state index contributed by atoms with van der Waals surface area (Å²) in [5.41, 5.74) is 0. The second-order valence-electron chi connectivity index (χ2n) is 9.24. The summed E-state index contributed by atoms with van der Waals surface area (Å²) in [4.78, 5) is 10.9. The van der Waals surface area contributed by atoms with Crippen molar-refractivity contribution in [1.82, 2.24) is 0 Å². The highest BCUT2D eigenvalue weighted by atomic mass is 16.7. The van der Waals surface area contributed by atoms with Crippen LogP contribution < -0.4 is 0 Å². The summed E-state index contributed by atoms with van der Waals surface area (Å²) in [6.07, 6.45) is 16.1. The van der Waals surface area contributed by atoms with Crippen molar-refractivity contribution in [2.24, 2.45) is 23.7 Å². The molecule has 4 nitrogen and oxygen atoms in total. The maximum Gasteiger partial charge on any atom is 0.303 e. The predicted molar refractivity (Wildman–Crippen MR) is 113 cm³/mol. The molecule has 2 saturated carbocycles. The average molecular weight is 397 g/mol. The van der Waals surface area contributed by atoms with Crippen LogP contribution in [0.1, 0.15) is 104 Å². The molecule has 2 aliphatic rings. The van der Waals surface area contributed by atoms with Gasteiger partial charge in [0.1, 0.15) is 0 Å². The highest BCUT2D eigenvalue weighted by Crippen LogP contribution is 2.44. The molecule has 0 aromatic rings. The maximum atomic E-state index is 10.9. The molecule has 0 spiro atoms. The Labute approximate surface area is 172 Å². The smallest absolute Gasteiger partial charge is 0.303 e. The third-order valence-corrected chi connectivity index (χ3v) is 6.58. The van der Waals surface area contributed by atoms with E-state index in [1.54, 1.807) is 0 Å². The Hall–Kier alpha value is -0.610. The fourth-order valence-electron chi connectivity index (χ4n) is 4.32. The van der Waals surface area contributed by atoms with E-state index in [1.807, 2.05) is 0 Å². The molecule has 1 N–H and O–H groups in total. The Kier molecular flexibility index (Phi) is 11.5. The highest BCUT2D eigenvalue weighted by Gasteiger charge is 2.38. The van der Waals surface area contributed by atoms with E-state index in [0.717, 1.165) is 25.0 Å².